The minimum atomic E-state index is -3.20. The summed E-state index contributed by atoms with van der Waals surface area (Å²) in [6.07, 6.45) is 1.72. The van der Waals surface area contributed by atoms with Gasteiger partial charge in [-0.15, -0.1) is 0 Å². The van der Waals surface area contributed by atoms with Gasteiger partial charge in [0.1, 0.15) is 0 Å². The van der Waals surface area contributed by atoms with Gasteiger partial charge >= 0.3 is 7.60 Å². The second-order valence-corrected chi connectivity index (χ2v) is 5.65. The summed E-state index contributed by atoms with van der Waals surface area (Å²) in [6, 6.07) is 8.97. The summed E-state index contributed by atoms with van der Waals surface area (Å²) < 4.78 is 22.3. The number of Topliss-reactive ketones (excluding diaryl/α,β-unsaturated/α-hetero) is 1. The molecule has 0 unspecified atom stereocenters. The van der Waals surface area contributed by atoms with Crippen LogP contribution in [-0.2, 0) is 13.6 Å². The van der Waals surface area contributed by atoms with E-state index in [4.69, 9.17) is 9.05 Å². The first-order chi connectivity index (χ1) is 9.11. The Kier molecular flexibility index (Phi) is 6.71. The van der Waals surface area contributed by atoms with Crippen molar-refractivity contribution in [3.8, 4) is 0 Å². The molecule has 0 N–H and O–H groups in total. The molecule has 0 aliphatic carbocycles. The predicted octanol–water partition coefficient (Wildman–Crippen LogP) is 4.04. The monoisotopic (exact) mass is 282 g/mol. The number of ketones is 1. The summed E-state index contributed by atoms with van der Waals surface area (Å²) >= 11 is 0. The first-order valence-electron chi connectivity index (χ1n) is 6.26. The van der Waals surface area contributed by atoms with Gasteiger partial charge in [-0.1, -0.05) is 36.4 Å². The first kappa shape index (κ1) is 15.8. The van der Waals surface area contributed by atoms with Crippen molar-refractivity contribution in [3.63, 3.8) is 0 Å². The van der Waals surface area contributed by atoms with Gasteiger partial charge in [0.05, 0.1) is 13.2 Å². The lowest BCUT2D eigenvalue weighted by atomic mass is 10.1. The predicted molar refractivity (Wildman–Crippen MR) is 75.4 cm³/mol. The van der Waals surface area contributed by atoms with Crippen molar-refractivity contribution in [2.45, 2.75) is 20.3 Å². The smallest absolute Gasteiger partial charge is 0.306 e. The molecule has 0 aromatic heterocycles. The van der Waals surface area contributed by atoms with E-state index in [1.807, 2.05) is 18.2 Å². The van der Waals surface area contributed by atoms with Crippen molar-refractivity contribution in [1.29, 1.82) is 0 Å². The Labute approximate surface area is 114 Å². The topological polar surface area (TPSA) is 52.6 Å². The Morgan fingerprint density at radius 3 is 2.26 bits per heavy atom. The third kappa shape index (κ3) is 5.52. The number of rotatable bonds is 8. The lowest BCUT2D eigenvalue weighted by Crippen LogP contribution is -1.97. The number of hydrogen-bond donors (Lipinski definition) is 0. The molecule has 1 rings (SSSR count). The van der Waals surface area contributed by atoms with Crippen molar-refractivity contribution < 1.29 is 18.4 Å². The molecule has 0 heterocycles. The van der Waals surface area contributed by atoms with Crippen LogP contribution in [0.15, 0.2) is 42.2 Å². The summed E-state index contributed by atoms with van der Waals surface area (Å²) in [7, 11) is -3.20. The zero-order chi connectivity index (χ0) is 14.1. The van der Waals surface area contributed by atoms with Crippen LogP contribution in [0.1, 0.15) is 30.6 Å². The van der Waals surface area contributed by atoms with Crippen molar-refractivity contribution in [2.75, 3.05) is 13.2 Å². The van der Waals surface area contributed by atoms with Crippen LogP contribution in [0.3, 0.4) is 0 Å². The molecule has 1 aromatic rings. The van der Waals surface area contributed by atoms with Crippen LogP contribution in [0, 0.1) is 0 Å². The fraction of sp³-hybridized carbons (Fsp3) is 0.357. The minimum Gasteiger partial charge on any atom is -0.306 e. The molecule has 0 fully saturated rings. The summed E-state index contributed by atoms with van der Waals surface area (Å²) in [5.74, 6) is 1.33. The molecule has 0 saturated heterocycles. The third-order valence-corrected chi connectivity index (χ3v) is 4.12. The van der Waals surface area contributed by atoms with E-state index in [1.54, 1.807) is 32.1 Å². The molecule has 1 aromatic carbocycles. The van der Waals surface area contributed by atoms with Crippen LogP contribution in [-0.4, -0.2) is 19.0 Å². The molecular weight excluding hydrogens is 263 g/mol. The molecule has 0 atom stereocenters. The van der Waals surface area contributed by atoms with Crippen molar-refractivity contribution in [2.24, 2.45) is 0 Å². The Balaban J connectivity index is 2.61. The molecule has 0 aliphatic heterocycles. The maximum Gasteiger partial charge on any atom is 0.353 e. The molecule has 4 nitrogen and oxygen atoms in total. The van der Waals surface area contributed by atoms with E-state index in [9.17, 15) is 9.36 Å². The SMILES string of the molecule is CCOP(=O)(/C=C/CC(=O)c1ccccc1)OCC. The largest absolute Gasteiger partial charge is 0.353 e. The normalized spacial score (nSPS) is 11.9. The van der Waals surface area contributed by atoms with Gasteiger partial charge < -0.3 is 9.05 Å². The van der Waals surface area contributed by atoms with E-state index >= 15 is 0 Å². The van der Waals surface area contributed by atoms with E-state index in [2.05, 4.69) is 0 Å². The highest BCUT2D eigenvalue weighted by Crippen LogP contribution is 2.49. The van der Waals surface area contributed by atoms with Crippen LogP contribution in [0.25, 0.3) is 0 Å². The van der Waals surface area contributed by atoms with E-state index in [1.165, 1.54) is 5.82 Å². The fourth-order valence-corrected chi connectivity index (χ4v) is 2.84. The highest BCUT2D eigenvalue weighted by atomic mass is 31.2. The fourth-order valence-electron chi connectivity index (χ4n) is 1.51. The van der Waals surface area contributed by atoms with Crippen LogP contribution in [0.5, 0.6) is 0 Å². The van der Waals surface area contributed by atoms with E-state index in [-0.39, 0.29) is 12.2 Å². The summed E-state index contributed by atoms with van der Waals surface area (Å²) in [6.45, 7) is 4.09. The van der Waals surface area contributed by atoms with Crippen LogP contribution >= 0.6 is 7.60 Å². The molecule has 0 saturated carbocycles. The highest BCUT2D eigenvalue weighted by Gasteiger charge is 2.18. The Morgan fingerprint density at radius 2 is 1.74 bits per heavy atom. The van der Waals surface area contributed by atoms with Gasteiger partial charge in [-0.2, -0.15) is 0 Å². The molecule has 19 heavy (non-hydrogen) atoms. The first-order valence-corrected chi connectivity index (χ1v) is 7.87. The van der Waals surface area contributed by atoms with Crippen molar-refractivity contribution in [1.82, 2.24) is 0 Å². The average Bonchev–Trinajstić information content (AvgIpc) is 2.40. The van der Waals surface area contributed by atoms with Gasteiger partial charge in [-0.25, -0.2) is 0 Å². The minimum absolute atomic E-state index is 0.0311. The van der Waals surface area contributed by atoms with E-state index in [0.29, 0.717) is 18.8 Å². The van der Waals surface area contributed by atoms with Gasteiger partial charge in [-0.05, 0) is 13.8 Å². The standard InChI is InChI=1S/C14H19O4P/c1-3-17-19(16,18-4-2)12-8-11-14(15)13-9-6-5-7-10-13/h5-10,12H,3-4,11H2,1-2H3/b12-8+. The summed E-state index contributed by atoms with van der Waals surface area (Å²) in [5, 5.41) is 0. The molecule has 104 valence electrons. The lowest BCUT2D eigenvalue weighted by molar-refractivity contribution is 0.0996. The quantitative estimate of drug-likeness (QED) is 0.533. The molecule has 0 radical (unpaired) electrons. The summed E-state index contributed by atoms with van der Waals surface area (Å²) in [4.78, 5) is 11.8. The molecule has 0 spiro atoms. The van der Waals surface area contributed by atoms with Crippen LogP contribution in [0.4, 0.5) is 0 Å². The Morgan fingerprint density at radius 1 is 1.16 bits per heavy atom. The Hall–Kier alpha value is -1.22. The second-order valence-electron chi connectivity index (χ2n) is 3.75. The lowest BCUT2D eigenvalue weighted by Gasteiger charge is -2.12. The number of carbonyl (C=O) groups is 1. The van der Waals surface area contributed by atoms with Crippen molar-refractivity contribution in [3.05, 3.63) is 47.8 Å². The highest BCUT2D eigenvalue weighted by molar-refractivity contribution is 7.57. The van der Waals surface area contributed by atoms with Gasteiger partial charge in [0.15, 0.2) is 5.78 Å². The summed E-state index contributed by atoms with van der Waals surface area (Å²) in [5.41, 5.74) is 0.634. The van der Waals surface area contributed by atoms with Crippen LogP contribution < -0.4 is 0 Å². The average molecular weight is 282 g/mol. The van der Waals surface area contributed by atoms with Gasteiger partial charge in [0.25, 0.3) is 0 Å². The zero-order valence-corrected chi connectivity index (χ0v) is 12.1. The zero-order valence-electron chi connectivity index (χ0n) is 11.2. The molecule has 0 bridgehead atoms. The van der Waals surface area contributed by atoms with Crippen molar-refractivity contribution >= 4 is 13.4 Å². The van der Waals surface area contributed by atoms with Gasteiger partial charge in [0, 0.05) is 17.8 Å². The number of carbonyl (C=O) groups excluding carboxylic acids is 1. The molecule has 5 heteroatoms. The molecule has 0 amide bonds. The number of benzene rings is 1. The second kappa shape index (κ2) is 8.05. The molecular formula is C14H19O4P. The van der Waals surface area contributed by atoms with Gasteiger partial charge in [-0.3, -0.25) is 9.36 Å². The maximum absolute atomic E-state index is 12.1. The number of hydrogen-bond acceptors (Lipinski definition) is 4. The van der Waals surface area contributed by atoms with E-state index in [0.717, 1.165) is 0 Å². The Bertz CT molecular complexity index is 458. The van der Waals surface area contributed by atoms with Crippen LogP contribution in [0.2, 0.25) is 0 Å². The van der Waals surface area contributed by atoms with Gasteiger partial charge in [0.2, 0.25) is 0 Å². The third-order valence-electron chi connectivity index (χ3n) is 2.31. The number of allylic oxidation sites excluding steroid dienone is 1. The molecule has 0 aliphatic rings. The maximum atomic E-state index is 12.1. The van der Waals surface area contributed by atoms with E-state index < -0.39 is 7.60 Å².